The van der Waals surface area contributed by atoms with Crippen LogP contribution in [-0.4, -0.2) is 37.2 Å². The summed E-state index contributed by atoms with van der Waals surface area (Å²) in [7, 11) is 5.27. The maximum Gasteiger partial charge on any atom is 0.161 e. The van der Waals surface area contributed by atoms with Gasteiger partial charge in [-0.25, -0.2) is 0 Å². The summed E-state index contributed by atoms with van der Waals surface area (Å²) in [5, 5.41) is 7.53. The highest BCUT2D eigenvalue weighted by Gasteiger charge is 2.25. The lowest BCUT2D eigenvalue weighted by atomic mass is 10.1. The molecule has 92 valence electrons. The second-order valence-electron chi connectivity index (χ2n) is 3.62. The molecule has 0 radical (unpaired) electrons. The summed E-state index contributed by atoms with van der Waals surface area (Å²) in [6.07, 6.45) is 1.80. The van der Waals surface area contributed by atoms with Gasteiger partial charge in [-0.05, 0) is 20.9 Å². The SMILES string of the molecule is CCn1ncc(OC)c1C(NC)C(C)OC. The van der Waals surface area contributed by atoms with Gasteiger partial charge in [-0.2, -0.15) is 5.10 Å². The van der Waals surface area contributed by atoms with Crippen molar-refractivity contribution in [1.82, 2.24) is 15.1 Å². The predicted octanol–water partition coefficient (Wildman–Crippen LogP) is 1.21. The third-order valence-electron chi connectivity index (χ3n) is 2.81. The van der Waals surface area contributed by atoms with Crippen molar-refractivity contribution in [2.75, 3.05) is 21.3 Å². The maximum absolute atomic E-state index is 5.37. The van der Waals surface area contributed by atoms with E-state index in [2.05, 4.69) is 17.3 Å². The topological polar surface area (TPSA) is 48.3 Å². The van der Waals surface area contributed by atoms with Crippen molar-refractivity contribution in [1.29, 1.82) is 0 Å². The number of nitrogens with zero attached hydrogens (tertiary/aromatic N) is 2. The fourth-order valence-corrected chi connectivity index (χ4v) is 1.83. The minimum Gasteiger partial charge on any atom is -0.493 e. The number of hydrogen-bond acceptors (Lipinski definition) is 4. The van der Waals surface area contributed by atoms with Crippen LogP contribution in [0.1, 0.15) is 25.6 Å². The van der Waals surface area contributed by atoms with Crippen molar-refractivity contribution in [3.05, 3.63) is 11.9 Å². The third-order valence-corrected chi connectivity index (χ3v) is 2.81. The molecular weight excluding hydrogens is 206 g/mol. The molecule has 1 aromatic rings. The Bertz CT molecular complexity index is 304. The number of aromatic nitrogens is 2. The van der Waals surface area contributed by atoms with Crippen LogP contribution in [0.5, 0.6) is 5.75 Å². The number of likely N-dealkylation sites (N-methyl/N-ethyl adjacent to an activating group) is 1. The molecule has 0 fully saturated rings. The van der Waals surface area contributed by atoms with Gasteiger partial charge in [0.05, 0.1) is 31.1 Å². The molecule has 1 N–H and O–H groups in total. The highest BCUT2D eigenvalue weighted by Crippen LogP contribution is 2.27. The van der Waals surface area contributed by atoms with Crippen molar-refractivity contribution in [3.63, 3.8) is 0 Å². The van der Waals surface area contributed by atoms with Crippen LogP contribution in [0.2, 0.25) is 0 Å². The van der Waals surface area contributed by atoms with Crippen LogP contribution in [-0.2, 0) is 11.3 Å². The summed E-state index contributed by atoms with van der Waals surface area (Å²) in [5.41, 5.74) is 1.03. The summed E-state index contributed by atoms with van der Waals surface area (Å²) >= 11 is 0. The number of hydrogen-bond donors (Lipinski definition) is 1. The predicted molar refractivity (Wildman–Crippen MR) is 62.7 cm³/mol. The molecule has 0 spiro atoms. The summed E-state index contributed by atoms with van der Waals surface area (Å²) in [6, 6.07) is 0.0717. The fraction of sp³-hybridized carbons (Fsp3) is 0.727. The van der Waals surface area contributed by atoms with Gasteiger partial charge in [-0.15, -0.1) is 0 Å². The third kappa shape index (κ3) is 2.36. The van der Waals surface area contributed by atoms with Crippen LogP contribution in [0.4, 0.5) is 0 Å². The molecule has 0 aromatic carbocycles. The van der Waals surface area contributed by atoms with Gasteiger partial charge < -0.3 is 14.8 Å². The van der Waals surface area contributed by atoms with Crippen molar-refractivity contribution in [2.24, 2.45) is 0 Å². The fourth-order valence-electron chi connectivity index (χ4n) is 1.83. The quantitative estimate of drug-likeness (QED) is 0.793. The van der Waals surface area contributed by atoms with E-state index >= 15 is 0 Å². The molecule has 1 rings (SSSR count). The molecule has 1 aromatic heterocycles. The Kier molecular flexibility index (Phi) is 4.76. The van der Waals surface area contributed by atoms with Crippen molar-refractivity contribution >= 4 is 0 Å². The first-order valence-corrected chi connectivity index (χ1v) is 5.49. The number of ether oxygens (including phenoxy) is 2. The van der Waals surface area contributed by atoms with Gasteiger partial charge in [0.2, 0.25) is 0 Å². The first kappa shape index (κ1) is 13.0. The Hall–Kier alpha value is -1.07. The number of nitrogens with one attached hydrogen (secondary N) is 1. The summed E-state index contributed by atoms with van der Waals surface area (Å²) < 4.78 is 12.6. The van der Waals surface area contributed by atoms with Crippen LogP contribution in [0, 0.1) is 0 Å². The normalized spacial score (nSPS) is 14.8. The van der Waals surface area contributed by atoms with Crippen molar-refractivity contribution in [2.45, 2.75) is 32.5 Å². The first-order chi connectivity index (χ1) is 7.69. The molecule has 0 amide bonds. The Morgan fingerprint density at radius 1 is 1.50 bits per heavy atom. The van der Waals surface area contributed by atoms with Crippen LogP contribution in [0.25, 0.3) is 0 Å². The van der Waals surface area contributed by atoms with Gasteiger partial charge in [-0.3, -0.25) is 4.68 Å². The van der Waals surface area contributed by atoms with E-state index < -0.39 is 0 Å². The molecule has 5 nitrogen and oxygen atoms in total. The van der Waals surface area contributed by atoms with Gasteiger partial charge in [0, 0.05) is 13.7 Å². The molecule has 1 heterocycles. The molecule has 0 aliphatic heterocycles. The molecule has 5 heteroatoms. The average Bonchev–Trinajstić information content (AvgIpc) is 2.72. The number of rotatable bonds is 6. The van der Waals surface area contributed by atoms with Crippen molar-refractivity contribution in [3.8, 4) is 5.75 Å². The van der Waals surface area contributed by atoms with E-state index in [-0.39, 0.29) is 12.1 Å². The Balaban J connectivity index is 3.10. The smallest absolute Gasteiger partial charge is 0.161 e. The average molecular weight is 227 g/mol. The van der Waals surface area contributed by atoms with Crippen LogP contribution >= 0.6 is 0 Å². The molecule has 2 atom stereocenters. The maximum atomic E-state index is 5.37. The molecular formula is C11H21N3O2. The van der Waals surface area contributed by atoms with Crippen molar-refractivity contribution < 1.29 is 9.47 Å². The Morgan fingerprint density at radius 2 is 2.19 bits per heavy atom. The number of aryl methyl sites for hydroxylation is 1. The van der Waals surface area contributed by atoms with E-state index in [1.54, 1.807) is 20.4 Å². The van der Waals surface area contributed by atoms with E-state index in [1.807, 2.05) is 18.7 Å². The van der Waals surface area contributed by atoms with Gasteiger partial charge in [0.1, 0.15) is 0 Å². The van der Waals surface area contributed by atoms with Crippen LogP contribution < -0.4 is 10.1 Å². The standard InChI is InChI=1S/C11H21N3O2/c1-6-14-11(9(16-5)7-13-14)10(12-3)8(2)15-4/h7-8,10,12H,6H2,1-5H3. The lowest BCUT2D eigenvalue weighted by Crippen LogP contribution is -2.31. The van der Waals surface area contributed by atoms with Crippen LogP contribution in [0.3, 0.4) is 0 Å². The zero-order valence-electron chi connectivity index (χ0n) is 10.7. The molecule has 0 bridgehead atoms. The summed E-state index contributed by atoms with van der Waals surface area (Å²) in [4.78, 5) is 0. The Labute approximate surface area is 96.7 Å². The van der Waals surface area contributed by atoms with Gasteiger partial charge in [0.15, 0.2) is 5.75 Å². The highest BCUT2D eigenvalue weighted by molar-refractivity contribution is 5.29. The monoisotopic (exact) mass is 227 g/mol. The molecule has 16 heavy (non-hydrogen) atoms. The van der Waals surface area contributed by atoms with Gasteiger partial charge in [0.25, 0.3) is 0 Å². The van der Waals surface area contributed by atoms with Gasteiger partial charge in [-0.1, -0.05) is 0 Å². The van der Waals surface area contributed by atoms with E-state index in [0.29, 0.717) is 0 Å². The van der Waals surface area contributed by atoms with Crippen LogP contribution in [0.15, 0.2) is 6.20 Å². The molecule has 0 saturated heterocycles. The molecule has 2 unspecified atom stereocenters. The zero-order chi connectivity index (χ0) is 12.1. The van der Waals surface area contributed by atoms with E-state index in [4.69, 9.17) is 9.47 Å². The molecule has 0 aliphatic rings. The molecule has 0 aliphatic carbocycles. The van der Waals surface area contributed by atoms with E-state index in [9.17, 15) is 0 Å². The Morgan fingerprint density at radius 3 is 2.62 bits per heavy atom. The highest BCUT2D eigenvalue weighted by atomic mass is 16.5. The minimum absolute atomic E-state index is 0.0564. The van der Waals surface area contributed by atoms with Gasteiger partial charge >= 0.3 is 0 Å². The lowest BCUT2D eigenvalue weighted by molar-refractivity contribution is 0.0818. The summed E-state index contributed by atoms with van der Waals surface area (Å²) in [6.45, 7) is 4.89. The lowest BCUT2D eigenvalue weighted by Gasteiger charge is -2.23. The largest absolute Gasteiger partial charge is 0.493 e. The zero-order valence-corrected chi connectivity index (χ0v) is 10.7. The second-order valence-corrected chi connectivity index (χ2v) is 3.62. The second kappa shape index (κ2) is 5.86. The van der Waals surface area contributed by atoms with E-state index in [1.165, 1.54) is 0 Å². The van der Waals surface area contributed by atoms with E-state index in [0.717, 1.165) is 18.0 Å². The minimum atomic E-state index is 0.0564. The summed E-state index contributed by atoms with van der Waals surface area (Å²) in [5.74, 6) is 0.796. The molecule has 0 saturated carbocycles. The number of methoxy groups -OCH3 is 2. The first-order valence-electron chi connectivity index (χ1n) is 5.49.